The summed E-state index contributed by atoms with van der Waals surface area (Å²) in [5, 5.41) is 0. The van der Waals surface area contributed by atoms with E-state index < -0.39 is 0 Å². The number of hydrogen-bond acceptors (Lipinski definition) is 1. The average Bonchev–Trinajstić information content (AvgIpc) is 2.64. The summed E-state index contributed by atoms with van der Waals surface area (Å²) in [6, 6.07) is 0. The molecule has 0 bridgehead atoms. The summed E-state index contributed by atoms with van der Waals surface area (Å²) < 4.78 is 0. The Bertz CT molecular complexity index is 204. The maximum absolute atomic E-state index is 4.26. The molecule has 13 heavy (non-hydrogen) atoms. The number of aromatic amines is 1. The van der Waals surface area contributed by atoms with Crippen molar-refractivity contribution in [2.75, 3.05) is 0 Å². The third-order valence-electron chi connectivity index (χ3n) is 2.58. The quantitative estimate of drug-likeness (QED) is 0.715. The first-order valence-electron chi connectivity index (χ1n) is 5.35. The Morgan fingerprint density at radius 2 is 2.31 bits per heavy atom. The third kappa shape index (κ3) is 3.62. The number of imidazole rings is 1. The minimum atomic E-state index is 0.811. The standard InChI is InChI=1S/C11H20N2/c1-3-5-6-10(4-2)9-11-12-7-8-13-11/h7-8,10H,3-6,9H2,1-2H3,(H,12,13). The molecule has 2 heteroatoms. The first-order chi connectivity index (χ1) is 6.36. The number of H-pyrrole nitrogens is 1. The predicted molar refractivity (Wildman–Crippen MR) is 55.6 cm³/mol. The van der Waals surface area contributed by atoms with Crippen molar-refractivity contribution in [2.45, 2.75) is 46.0 Å². The van der Waals surface area contributed by atoms with Crippen LogP contribution in [0.1, 0.15) is 45.4 Å². The van der Waals surface area contributed by atoms with E-state index in [9.17, 15) is 0 Å². The van der Waals surface area contributed by atoms with Gasteiger partial charge in [-0.15, -0.1) is 0 Å². The molecule has 1 unspecified atom stereocenters. The maximum atomic E-state index is 4.26. The largest absolute Gasteiger partial charge is 0.349 e. The molecule has 1 aromatic heterocycles. The van der Waals surface area contributed by atoms with Gasteiger partial charge in [-0.1, -0.05) is 39.5 Å². The van der Waals surface area contributed by atoms with E-state index in [0.29, 0.717) is 0 Å². The number of nitrogens with one attached hydrogen (secondary N) is 1. The van der Waals surface area contributed by atoms with Crippen LogP contribution in [0.3, 0.4) is 0 Å². The molecule has 1 N–H and O–H groups in total. The van der Waals surface area contributed by atoms with Gasteiger partial charge in [0, 0.05) is 18.8 Å². The Morgan fingerprint density at radius 3 is 2.85 bits per heavy atom. The van der Waals surface area contributed by atoms with Crippen molar-refractivity contribution >= 4 is 0 Å². The number of unbranched alkanes of at least 4 members (excludes halogenated alkanes) is 1. The number of aromatic nitrogens is 2. The van der Waals surface area contributed by atoms with E-state index in [0.717, 1.165) is 18.2 Å². The van der Waals surface area contributed by atoms with Gasteiger partial charge in [0.25, 0.3) is 0 Å². The predicted octanol–water partition coefficient (Wildman–Crippen LogP) is 3.17. The SMILES string of the molecule is CCCCC(CC)Cc1ncc[nH]1. The van der Waals surface area contributed by atoms with Crippen molar-refractivity contribution < 1.29 is 0 Å². The fourth-order valence-corrected chi connectivity index (χ4v) is 1.63. The monoisotopic (exact) mass is 180 g/mol. The van der Waals surface area contributed by atoms with Crippen LogP contribution in [0.15, 0.2) is 12.4 Å². The summed E-state index contributed by atoms with van der Waals surface area (Å²) in [4.78, 5) is 7.42. The minimum Gasteiger partial charge on any atom is -0.349 e. The van der Waals surface area contributed by atoms with Crippen LogP contribution < -0.4 is 0 Å². The molecule has 1 heterocycles. The van der Waals surface area contributed by atoms with Gasteiger partial charge in [-0.05, 0) is 5.92 Å². The van der Waals surface area contributed by atoms with Crippen LogP contribution in [-0.2, 0) is 6.42 Å². The Morgan fingerprint density at radius 1 is 1.46 bits per heavy atom. The van der Waals surface area contributed by atoms with Gasteiger partial charge < -0.3 is 4.98 Å². The fraction of sp³-hybridized carbons (Fsp3) is 0.727. The van der Waals surface area contributed by atoms with Crippen molar-refractivity contribution in [3.05, 3.63) is 18.2 Å². The second-order valence-corrected chi connectivity index (χ2v) is 3.66. The normalized spacial score (nSPS) is 13.1. The van der Waals surface area contributed by atoms with Gasteiger partial charge in [-0.3, -0.25) is 0 Å². The number of nitrogens with zero attached hydrogens (tertiary/aromatic N) is 1. The minimum absolute atomic E-state index is 0.811. The fourth-order valence-electron chi connectivity index (χ4n) is 1.63. The van der Waals surface area contributed by atoms with Crippen LogP contribution in [0.2, 0.25) is 0 Å². The van der Waals surface area contributed by atoms with Crippen molar-refractivity contribution in [3.8, 4) is 0 Å². The molecule has 0 spiro atoms. The van der Waals surface area contributed by atoms with Gasteiger partial charge in [-0.25, -0.2) is 4.98 Å². The second-order valence-electron chi connectivity index (χ2n) is 3.66. The van der Waals surface area contributed by atoms with E-state index in [4.69, 9.17) is 0 Å². The summed E-state index contributed by atoms with van der Waals surface area (Å²) in [6.07, 6.45) is 10.1. The van der Waals surface area contributed by atoms with Crippen molar-refractivity contribution in [3.63, 3.8) is 0 Å². The molecule has 1 aromatic rings. The van der Waals surface area contributed by atoms with Crippen LogP contribution in [0.4, 0.5) is 0 Å². The van der Waals surface area contributed by atoms with E-state index >= 15 is 0 Å². The molecule has 0 aliphatic heterocycles. The molecule has 0 aliphatic carbocycles. The summed E-state index contributed by atoms with van der Waals surface area (Å²) >= 11 is 0. The molecule has 2 nitrogen and oxygen atoms in total. The Balaban J connectivity index is 2.31. The first-order valence-corrected chi connectivity index (χ1v) is 5.35. The third-order valence-corrected chi connectivity index (χ3v) is 2.58. The van der Waals surface area contributed by atoms with Crippen molar-refractivity contribution in [1.82, 2.24) is 9.97 Å². The number of hydrogen-bond donors (Lipinski definition) is 1. The van der Waals surface area contributed by atoms with E-state index in [2.05, 4.69) is 23.8 Å². The Labute approximate surface area is 80.8 Å². The van der Waals surface area contributed by atoms with E-state index in [1.165, 1.54) is 25.7 Å². The molecule has 0 amide bonds. The zero-order valence-corrected chi connectivity index (χ0v) is 8.71. The van der Waals surface area contributed by atoms with Crippen LogP contribution in [0.25, 0.3) is 0 Å². The molecule has 0 aliphatic rings. The van der Waals surface area contributed by atoms with Crippen LogP contribution >= 0.6 is 0 Å². The highest BCUT2D eigenvalue weighted by Gasteiger charge is 2.07. The molecule has 74 valence electrons. The molecule has 0 aromatic carbocycles. The van der Waals surface area contributed by atoms with Gasteiger partial charge >= 0.3 is 0 Å². The molecule has 0 radical (unpaired) electrons. The van der Waals surface area contributed by atoms with Crippen molar-refractivity contribution in [1.29, 1.82) is 0 Å². The second kappa shape index (κ2) is 5.79. The number of rotatable bonds is 6. The van der Waals surface area contributed by atoms with Crippen molar-refractivity contribution in [2.24, 2.45) is 5.92 Å². The van der Waals surface area contributed by atoms with E-state index in [1.54, 1.807) is 0 Å². The molecular weight excluding hydrogens is 160 g/mol. The zero-order valence-electron chi connectivity index (χ0n) is 8.71. The highest BCUT2D eigenvalue weighted by molar-refractivity contribution is 4.88. The topological polar surface area (TPSA) is 28.7 Å². The molecule has 0 saturated heterocycles. The van der Waals surface area contributed by atoms with E-state index in [-0.39, 0.29) is 0 Å². The zero-order chi connectivity index (χ0) is 9.52. The lowest BCUT2D eigenvalue weighted by Gasteiger charge is -2.11. The Hall–Kier alpha value is -0.790. The van der Waals surface area contributed by atoms with Crippen LogP contribution in [0, 0.1) is 5.92 Å². The van der Waals surface area contributed by atoms with Crippen LogP contribution in [0.5, 0.6) is 0 Å². The summed E-state index contributed by atoms with van der Waals surface area (Å²) in [5.41, 5.74) is 0. The lowest BCUT2D eigenvalue weighted by molar-refractivity contribution is 0.441. The van der Waals surface area contributed by atoms with Gasteiger partial charge in [0.2, 0.25) is 0 Å². The summed E-state index contributed by atoms with van der Waals surface area (Å²) in [5.74, 6) is 1.95. The molecule has 0 fully saturated rings. The molecule has 1 rings (SSSR count). The van der Waals surface area contributed by atoms with Crippen LogP contribution in [-0.4, -0.2) is 9.97 Å². The lowest BCUT2D eigenvalue weighted by atomic mass is 9.96. The highest BCUT2D eigenvalue weighted by Crippen LogP contribution is 2.16. The highest BCUT2D eigenvalue weighted by atomic mass is 14.9. The summed E-state index contributed by atoms with van der Waals surface area (Å²) in [6.45, 7) is 4.52. The van der Waals surface area contributed by atoms with Gasteiger partial charge in [-0.2, -0.15) is 0 Å². The van der Waals surface area contributed by atoms with E-state index in [1.807, 2.05) is 12.4 Å². The maximum Gasteiger partial charge on any atom is 0.106 e. The average molecular weight is 180 g/mol. The van der Waals surface area contributed by atoms with Gasteiger partial charge in [0.1, 0.15) is 5.82 Å². The molecule has 1 atom stereocenters. The van der Waals surface area contributed by atoms with Gasteiger partial charge in [0.15, 0.2) is 0 Å². The first kappa shape index (κ1) is 10.3. The summed E-state index contributed by atoms with van der Waals surface area (Å²) in [7, 11) is 0. The van der Waals surface area contributed by atoms with Gasteiger partial charge in [0.05, 0.1) is 0 Å². The lowest BCUT2D eigenvalue weighted by Crippen LogP contribution is -2.04. The smallest absolute Gasteiger partial charge is 0.106 e. The molecular formula is C11H20N2. The Kier molecular flexibility index (Phi) is 4.58. The molecule has 0 saturated carbocycles.